The summed E-state index contributed by atoms with van der Waals surface area (Å²) in [4.78, 5) is 45.7. The number of rotatable bonds is 7. The Morgan fingerprint density at radius 3 is 2.11 bits per heavy atom. The molecule has 10 heteroatoms. The average molecular weight is 600 g/mol. The van der Waals surface area contributed by atoms with Gasteiger partial charge in [0.25, 0.3) is 0 Å². The Balaban J connectivity index is 1.54. The lowest BCUT2D eigenvalue weighted by Gasteiger charge is -2.45. The molecule has 3 atom stereocenters. The van der Waals surface area contributed by atoms with Crippen LogP contribution in [0, 0.1) is 11.8 Å². The maximum Gasteiger partial charge on any atom is 0.247 e. The number of aromatic nitrogens is 4. The largest absolute Gasteiger partial charge is 0.349 e. The molecule has 2 N–H and O–H groups in total. The van der Waals surface area contributed by atoms with Crippen molar-refractivity contribution >= 4 is 17.7 Å². The minimum Gasteiger partial charge on any atom is -0.349 e. The van der Waals surface area contributed by atoms with Crippen LogP contribution in [0.25, 0.3) is 11.4 Å². The molecule has 0 spiro atoms. The Kier molecular flexibility index (Phi) is 8.39. The minimum atomic E-state index is -1.00. The number of nitrogens with one attached hydrogen (secondary N) is 2. The summed E-state index contributed by atoms with van der Waals surface area (Å²) in [5.41, 5.74) is 2.88. The Morgan fingerprint density at radius 2 is 1.59 bits per heavy atom. The quantitative estimate of drug-likeness (QED) is 0.420. The van der Waals surface area contributed by atoms with E-state index in [0.717, 1.165) is 5.56 Å². The third-order valence-corrected chi connectivity index (χ3v) is 8.23. The topological polar surface area (TPSA) is 122 Å². The van der Waals surface area contributed by atoms with Crippen molar-refractivity contribution in [1.82, 2.24) is 35.7 Å². The third-order valence-electron chi connectivity index (χ3n) is 8.23. The van der Waals surface area contributed by atoms with E-state index in [1.54, 1.807) is 9.70 Å². The zero-order chi connectivity index (χ0) is 32.0. The maximum atomic E-state index is 14.6. The van der Waals surface area contributed by atoms with Crippen LogP contribution >= 0.6 is 0 Å². The number of hydrogen-bond donors (Lipinski definition) is 2. The standard InChI is InChI=1S/C34H45N7O3/c1-20(2)17-26-30(42)35-27(25-18-23-11-9-10-12-24(23)19-25)32(44)40(26)28(31(43)36-33(3,4)5)21-13-15-22(16-14-21)29-37-39-41(38-29)34(6,7)8/h9-16,20,25-28H,17-19H2,1-8H3,(H,35,42)(H,36,43). The molecule has 0 saturated carbocycles. The van der Waals surface area contributed by atoms with Gasteiger partial charge in [0, 0.05) is 11.1 Å². The molecule has 5 rings (SSSR count). The maximum absolute atomic E-state index is 14.6. The minimum absolute atomic E-state index is 0.0865. The summed E-state index contributed by atoms with van der Waals surface area (Å²) < 4.78 is 0. The number of amides is 3. The summed E-state index contributed by atoms with van der Waals surface area (Å²) in [6.45, 7) is 15.8. The summed E-state index contributed by atoms with van der Waals surface area (Å²) in [6, 6.07) is 13.0. The Labute approximate surface area is 260 Å². The van der Waals surface area contributed by atoms with Crippen LogP contribution in [-0.4, -0.2) is 60.5 Å². The summed E-state index contributed by atoms with van der Waals surface area (Å²) in [6.07, 6.45) is 1.84. The molecule has 0 bridgehead atoms. The molecule has 44 heavy (non-hydrogen) atoms. The van der Waals surface area contributed by atoms with E-state index in [1.807, 2.05) is 91.8 Å². The van der Waals surface area contributed by atoms with Crippen molar-refractivity contribution in [3.8, 4) is 11.4 Å². The van der Waals surface area contributed by atoms with Crippen molar-refractivity contribution in [1.29, 1.82) is 0 Å². The number of benzene rings is 2. The molecule has 10 nitrogen and oxygen atoms in total. The van der Waals surface area contributed by atoms with Gasteiger partial charge in [0.15, 0.2) is 0 Å². The van der Waals surface area contributed by atoms with Crippen LogP contribution in [0.3, 0.4) is 0 Å². The lowest BCUT2D eigenvalue weighted by molar-refractivity contribution is -0.158. The van der Waals surface area contributed by atoms with Crippen LogP contribution < -0.4 is 10.6 Å². The van der Waals surface area contributed by atoms with Gasteiger partial charge in [-0.25, -0.2) is 0 Å². The fourth-order valence-corrected chi connectivity index (χ4v) is 6.18. The molecule has 234 valence electrons. The van der Waals surface area contributed by atoms with Crippen LogP contribution in [0.4, 0.5) is 0 Å². The highest BCUT2D eigenvalue weighted by Crippen LogP contribution is 2.36. The Morgan fingerprint density at radius 1 is 0.977 bits per heavy atom. The fraction of sp³-hybridized carbons (Fsp3) is 0.529. The van der Waals surface area contributed by atoms with E-state index >= 15 is 0 Å². The van der Waals surface area contributed by atoms with Crippen molar-refractivity contribution in [2.45, 2.75) is 104 Å². The van der Waals surface area contributed by atoms with E-state index in [4.69, 9.17) is 0 Å². The molecule has 0 radical (unpaired) electrons. The van der Waals surface area contributed by atoms with Crippen molar-refractivity contribution in [2.75, 3.05) is 0 Å². The van der Waals surface area contributed by atoms with Crippen LogP contribution in [0.1, 0.15) is 84.5 Å². The second-order valence-electron chi connectivity index (χ2n) is 14.7. The molecule has 3 amide bonds. The first kappa shape index (κ1) is 31.3. The molecule has 1 aromatic heterocycles. The monoisotopic (exact) mass is 599 g/mol. The smallest absolute Gasteiger partial charge is 0.247 e. The highest BCUT2D eigenvalue weighted by atomic mass is 16.2. The second kappa shape index (κ2) is 11.8. The predicted molar refractivity (Wildman–Crippen MR) is 168 cm³/mol. The lowest BCUT2D eigenvalue weighted by Crippen LogP contribution is -2.67. The van der Waals surface area contributed by atoms with Crippen molar-refractivity contribution in [2.24, 2.45) is 11.8 Å². The van der Waals surface area contributed by atoms with Crippen molar-refractivity contribution in [3.63, 3.8) is 0 Å². The number of piperazine rings is 1. The molecule has 1 fully saturated rings. The van der Waals surface area contributed by atoms with E-state index < -0.39 is 23.7 Å². The average Bonchev–Trinajstić information content (AvgIpc) is 3.59. The first-order chi connectivity index (χ1) is 20.6. The van der Waals surface area contributed by atoms with E-state index in [2.05, 4.69) is 38.2 Å². The molecule has 3 aromatic rings. The first-order valence-electron chi connectivity index (χ1n) is 15.5. The predicted octanol–water partition coefficient (Wildman–Crippen LogP) is 4.21. The van der Waals surface area contributed by atoms with Gasteiger partial charge >= 0.3 is 0 Å². The Bertz CT molecular complexity index is 1510. The van der Waals surface area contributed by atoms with Gasteiger partial charge in [-0.3, -0.25) is 14.4 Å². The number of hydrogen-bond acceptors (Lipinski definition) is 6. The highest BCUT2D eigenvalue weighted by Gasteiger charge is 2.49. The SMILES string of the molecule is CC(C)CC1C(=O)NC(C2Cc3ccccc3C2)C(=O)N1C(C(=O)NC(C)(C)C)c1ccc(-c2nnn(C(C)(C)C)n2)cc1. The summed E-state index contributed by atoms with van der Waals surface area (Å²) in [5.74, 6) is -0.259. The van der Waals surface area contributed by atoms with E-state index in [-0.39, 0.29) is 35.1 Å². The fourth-order valence-electron chi connectivity index (χ4n) is 6.18. The highest BCUT2D eigenvalue weighted by molar-refractivity contribution is 6.00. The van der Waals surface area contributed by atoms with E-state index in [0.29, 0.717) is 30.7 Å². The number of carbonyl (C=O) groups excluding carboxylic acids is 3. The molecule has 2 aliphatic rings. The third kappa shape index (κ3) is 6.54. The normalized spacial score (nSPS) is 20.1. The van der Waals surface area contributed by atoms with Gasteiger partial charge in [-0.15, -0.1) is 10.2 Å². The van der Waals surface area contributed by atoms with Crippen molar-refractivity contribution in [3.05, 3.63) is 65.2 Å². The zero-order valence-corrected chi connectivity index (χ0v) is 27.1. The van der Waals surface area contributed by atoms with Gasteiger partial charge in [0.05, 0.1) is 5.54 Å². The zero-order valence-electron chi connectivity index (χ0n) is 27.1. The molecular weight excluding hydrogens is 554 g/mol. The van der Waals surface area contributed by atoms with Crippen LogP contribution in [0.15, 0.2) is 48.5 Å². The Hall–Kier alpha value is -4.08. The van der Waals surface area contributed by atoms with Crippen LogP contribution in [0.2, 0.25) is 0 Å². The number of fused-ring (bicyclic) bond motifs is 1. The number of tetrazole rings is 1. The molecule has 1 saturated heterocycles. The molecule has 2 heterocycles. The first-order valence-corrected chi connectivity index (χ1v) is 15.5. The summed E-state index contributed by atoms with van der Waals surface area (Å²) >= 11 is 0. The summed E-state index contributed by atoms with van der Waals surface area (Å²) in [5, 5.41) is 19.1. The molecule has 2 aromatic carbocycles. The van der Waals surface area contributed by atoms with Gasteiger partial charge in [0.1, 0.15) is 18.1 Å². The van der Waals surface area contributed by atoms with Gasteiger partial charge in [0.2, 0.25) is 23.5 Å². The van der Waals surface area contributed by atoms with Crippen molar-refractivity contribution < 1.29 is 14.4 Å². The van der Waals surface area contributed by atoms with E-state index in [9.17, 15) is 14.4 Å². The van der Waals surface area contributed by atoms with Crippen LogP contribution in [-0.2, 0) is 32.8 Å². The van der Waals surface area contributed by atoms with Gasteiger partial charge < -0.3 is 15.5 Å². The summed E-state index contributed by atoms with van der Waals surface area (Å²) in [7, 11) is 0. The van der Waals surface area contributed by atoms with Gasteiger partial charge in [-0.05, 0) is 94.5 Å². The number of nitrogens with zero attached hydrogens (tertiary/aromatic N) is 5. The molecule has 1 aliphatic carbocycles. The molecule has 3 unspecified atom stereocenters. The molecular formula is C34H45N7O3. The number of carbonyl (C=O) groups is 3. The van der Waals surface area contributed by atoms with Gasteiger partial charge in [-0.2, -0.15) is 4.80 Å². The van der Waals surface area contributed by atoms with Gasteiger partial charge in [-0.1, -0.05) is 62.4 Å². The lowest BCUT2D eigenvalue weighted by atomic mass is 9.87. The second-order valence-corrected chi connectivity index (χ2v) is 14.7. The van der Waals surface area contributed by atoms with Crippen LogP contribution in [0.5, 0.6) is 0 Å². The molecule has 1 aliphatic heterocycles. The van der Waals surface area contributed by atoms with E-state index in [1.165, 1.54) is 11.1 Å².